The van der Waals surface area contributed by atoms with E-state index in [-0.39, 0.29) is 18.5 Å². The van der Waals surface area contributed by atoms with E-state index >= 15 is 0 Å². The SMILES string of the molecule is CCCCC(=O)N(CN)[C@H](C(=O)O)C(C)C. The summed E-state index contributed by atoms with van der Waals surface area (Å²) in [6.45, 7) is 5.48. The molecule has 1 atom stereocenters. The number of carboxylic acid groups (broad SMARTS) is 1. The minimum atomic E-state index is -0.995. The van der Waals surface area contributed by atoms with Crippen LogP contribution in [0.15, 0.2) is 0 Å². The maximum Gasteiger partial charge on any atom is 0.326 e. The summed E-state index contributed by atoms with van der Waals surface area (Å²) in [6.07, 6.45) is 2.04. The Morgan fingerprint density at radius 2 is 1.94 bits per heavy atom. The predicted molar refractivity (Wildman–Crippen MR) is 61.7 cm³/mol. The van der Waals surface area contributed by atoms with Crippen molar-refractivity contribution in [3.63, 3.8) is 0 Å². The van der Waals surface area contributed by atoms with Gasteiger partial charge in [-0.1, -0.05) is 27.2 Å². The van der Waals surface area contributed by atoms with Gasteiger partial charge in [0.1, 0.15) is 6.04 Å². The van der Waals surface area contributed by atoms with E-state index < -0.39 is 12.0 Å². The first-order chi connectivity index (χ1) is 7.45. The Labute approximate surface area is 96.6 Å². The van der Waals surface area contributed by atoms with Crippen molar-refractivity contribution in [2.24, 2.45) is 11.7 Å². The van der Waals surface area contributed by atoms with Crippen LogP contribution in [-0.4, -0.2) is 34.6 Å². The molecule has 0 fully saturated rings. The zero-order valence-electron chi connectivity index (χ0n) is 10.3. The van der Waals surface area contributed by atoms with E-state index in [1.165, 1.54) is 4.90 Å². The number of unbranched alkanes of at least 4 members (excludes halogenated alkanes) is 1. The van der Waals surface area contributed by atoms with Gasteiger partial charge in [-0.3, -0.25) is 4.79 Å². The number of carbonyl (C=O) groups is 2. The van der Waals surface area contributed by atoms with Crippen molar-refractivity contribution in [2.45, 2.75) is 46.1 Å². The molecule has 16 heavy (non-hydrogen) atoms. The molecule has 0 aliphatic carbocycles. The van der Waals surface area contributed by atoms with Gasteiger partial charge in [-0.25, -0.2) is 4.79 Å². The summed E-state index contributed by atoms with van der Waals surface area (Å²) in [7, 11) is 0. The van der Waals surface area contributed by atoms with Crippen LogP contribution in [0.2, 0.25) is 0 Å². The van der Waals surface area contributed by atoms with Crippen molar-refractivity contribution >= 4 is 11.9 Å². The fourth-order valence-corrected chi connectivity index (χ4v) is 1.62. The third-order valence-corrected chi connectivity index (χ3v) is 2.48. The summed E-state index contributed by atoms with van der Waals surface area (Å²) in [6, 6.07) is -0.825. The highest BCUT2D eigenvalue weighted by Gasteiger charge is 2.30. The minimum absolute atomic E-state index is 0.0440. The summed E-state index contributed by atoms with van der Waals surface area (Å²) in [5.41, 5.74) is 5.46. The minimum Gasteiger partial charge on any atom is -0.480 e. The number of hydrogen-bond donors (Lipinski definition) is 2. The Morgan fingerprint density at radius 3 is 2.25 bits per heavy atom. The zero-order valence-corrected chi connectivity index (χ0v) is 10.3. The quantitative estimate of drug-likeness (QED) is 0.640. The second-order valence-corrected chi connectivity index (χ2v) is 4.18. The van der Waals surface area contributed by atoms with Gasteiger partial charge in [0, 0.05) is 6.42 Å². The van der Waals surface area contributed by atoms with Gasteiger partial charge in [0.15, 0.2) is 0 Å². The molecule has 0 aromatic carbocycles. The van der Waals surface area contributed by atoms with Crippen LogP contribution in [0.25, 0.3) is 0 Å². The molecule has 0 heterocycles. The maximum atomic E-state index is 11.8. The summed E-state index contributed by atoms with van der Waals surface area (Å²) in [4.78, 5) is 24.1. The first-order valence-electron chi connectivity index (χ1n) is 5.68. The highest BCUT2D eigenvalue weighted by molar-refractivity contribution is 5.83. The molecule has 0 bridgehead atoms. The van der Waals surface area contributed by atoms with Crippen LogP contribution >= 0.6 is 0 Å². The van der Waals surface area contributed by atoms with E-state index in [1.54, 1.807) is 13.8 Å². The highest BCUT2D eigenvalue weighted by Crippen LogP contribution is 2.12. The van der Waals surface area contributed by atoms with Gasteiger partial charge in [0.25, 0.3) is 0 Å². The summed E-state index contributed by atoms with van der Waals surface area (Å²) < 4.78 is 0. The second-order valence-electron chi connectivity index (χ2n) is 4.18. The molecule has 5 heteroatoms. The van der Waals surface area contributed by atoms with E-state index in [1.807, 2.05) is 6.92 Å². The van der Waals surface area contributed by atoms with E-state index in [0.717, 1.165) is 12.8 Å². The Bertz CT molecular complexity index is 241. The van der Waals surface area contributed by atoms with E-state index in [2.05, 4.69) is 0 Å². The van der Waals surface area contributed by atoms with Gasteiger partial charge < -0.3 is 15.7 Å². The Hall–Kier alpha value is -1.10. The lowest BCUT2D eigenvalue weighted by molar-refractivity contribution is -0.152. The number of rotatable bonds is 7. The standard InChI is InChI=1S/C11H22N2O3/c1-4-5-6-9(14)13(7-12)10(8(2)3)11(15)16/h8,10H,4-7,12H2,1-3H3,(H,15,16)/t10-/m0/s1. The van der Waals surface area contributed by atoms with Crippen molar-refractivity contribution in [1.29, 1.82) is 0 Å². The third-order valence-electron chi connectivity index (χ3n) is 2.48. The van der Waals surface area contributed by atoms with Crippen LogP contribution in [0.1, 0.15) is 40.0 Å². The first-order valence-corrected chi connectivity index (χ1v) is 5.68. The van der Waals surface area contributed by atoms with Crippen LogP contribution in [0.4, 0.5) is 0 Å². The first kappa shape index (κ1) is 14.9. The Balaban J connectivity index is 4.66. The Kier molecular flexibility index (Phi) is 6.72. The monoisotopic (exact) mass is 230 g/mol. The summed E-state index contributed by atoms with van der Waals surface area (Å²) in [5.74, 6) is -1.32. The van der Waals surface area contributed by atoms with Crippen molar-refractivity contribution in [3.8, 4) is 0 Å². The molecule has 5 nitrogen and oxygen atoms in total. The largest absolute Gasteiger partial charge is 0.480 e. The van der Waals surface area contributed by atoms with Crippen molar-refractivity contribution < 1.29 is 14.7 Å². The third kappa shape index (κ3) is 4.18. The van der Waals surface area contributed by atoms with Crippen molar-refractivity contribution in [1.82, 2.24) is 4.90 Å². The predicted octanol–water partition coefficient (Wildman–Crippen LogP) is 1.03. The number of carbonyl (C=O) groups excluding carboxylic acids is 1. The van der Waals surface area contributed by atoms with Crippen LogP contribution in [-0.2, 0) is 9.59 Å². The lowest BCUT2D eigenvalue weighted by atomic mass is 10.0. The summed E-state index contributed by atoms with van der Waals surface area (Å²) in [5, 5.41) is 9.07. The van der Waals surface area contributed by atoms with Gasteiger partial charge in [-0.05, 0) is 12.3 Å². The molecule has 94 valence electrons. The molecule has 0 aromatic heterocycles. The average molecular weight is 230 g/mol. The van der Waals surface area contributed by atoms with Crippen LogP contribution in [0, 0.1) is 5.92 Å². The molecule has 3 N–H and O–H groups in total. The molecule has 0 aliphatic rings. The van der Waals surface area contributed by atoms with E-state index in [0.29, 0.717) is 6.42 Å². The molecule has 1 amide bonds. The average Bonchev–Trinajstić information content (AvgIpc) is 2.20. The molecular formula is C11H22N2O3. The number of nitrogens with two attached hydrogens (primary N) is 1. The number of carboxylic acids is 1. The fraction of sp³-hybridized carbons (Fsp3) is 0.818. The molecular weight excluding hydrogens is 208 g/mol. The van der Waals surface area contributed by atoms with Gasteiger partial charge in [-0.15, -0.1) is 0 Å². The number of amides is 1. The lowest BCUT2D eigenvalue weighted by Gasteiger charge is -2.30. The molecule has 0 rings (SSSR count). The zero-order chi connectivity index (χ0) is 12.7. The molecule has 0 spiro atoms. The normalized spacial score (nSPS) is 12.6. The maximum absolute atomic E-state index is 11.8. The molecule has 0 saturated carbocycles. The van der Waals surface area contributed by atoms with Gasteiger partial charge >= 0.3 is 5.97 Å². The number of nitrogens with zero attached hydrogens (tertiary/aromatic N) is 1. The van der Waals surface area contributed by atoms with Crippen LogP contribution in [0.3, 0.4) is 0 Å². The molecule has 0 aromatic rings. The Morgan fingerprint density at radius 1 is 1.38 bits per heavy atom. The fourth-order valence-electron chi connectivity index (χ4n) is 1.62. The van der Waals surface area contributed by atoms with Gasteiger partial charge in [0.05, 0.1) is 6.67 Å². The van der Waals surface area contributed by atoms with E-state index in [4.69, 9.17) is 10.8 Å². The molecule has 0 radical (unpaired) electrons. The lowest BCUT2D eigenvalue weighted by Crippen LogP contribution is -2.50. The van der Waals surface area contributed by atoms with Crippen LogP contribution in [0.5, 0.6) is 0 Å². The highest BCUT2D eigenvalue weighted by atomic mass is 16.4. The molecule has 0 unspecified atom stereocenters. The number of aliphatic carboxylic acids is 1. The molecule has 0 saturated heterocycles. The topological polar surface area (TPSA) is 83.6 Å². The second kappa shape index (κ2) is 7.22. The molecule has 0 aliphatic heterocycles. The smallest absolute Gasteiger partial charge is 0.326 e. The van der Waals surface area contributed by atoms with Crippen molar-refractivity contribution in [3.05, 3.63) is 0 Å². The van der Waals surface area contributed by atoms with Crippen LogP contribution < -0.4 is 5.73 Å². The van der Waals surface area contributed by atoms with Gasteiger partial charge in [-0.2, -0.15) is 0 Å². The van der Waals surface area contributed by atoms with E-state index in [9.17, 15) is 9.59 Å². The van der Waals surface area contributed by atoms with Crippen molar-refractivity contribution in [2.75, 3.05) is 6.67 Å². The number of hydrogen-bond acceptors (Lipinski definition) is 3. The summed E-state index contributed by atoms with van der Waals surface area (Å²) >= 11 is 0. The van der Waals surface area contributed by atoms with Gasteiger partial charge in [0.2, 0.25) is 5.91 Å².